The first-order chi connectivity index (χ1) is 9.69. The fourth-order valence-corrected chi connectivity index (χ4v) is 2.46. The summed E-state index contributed by atoms with van der Waals surface area (Å²) in [6, 6.07) is -0.823. The fraction of sp³-hybridized carbons (Fsp3) is 0.600. The minimum atomic E-state index is -3.76. The summed E-state index contributed by atoms with van der Waals surface area (Å²) in [7, 11) is -3.76. The predicted molar refractivity (Wildman–Crippen MR) is 70.6 cm³/mol. The van der Waals surface area contributed by atoms with Gasteiger partial charge in [-0.05, 0) is 6.30 Å². The van der Waals surface area contributed by atoms with E-state index >= 15 is 0 Å². The number of nitrogens with zero attached hydrogens (tertiary/aromatic N) is 1. The molecule has 2 heterocycles. The van der Waals surface area contributed by atoms with Gasteiger partial charge in [-0.15, -0.1) is 0 Å². The van der Waals surface area contributed by atoms with E-state index in [0.29, 0.717) is 0 Å². The van der Waals surface area contributed by atoms with E-state index < -0.39 is 56.4 Å². The molecule has 11 heteroatoms. The standard InChI is InChI=1S/C10H15N2O8P/c1-21(17,18)19-3-5-6(13)7(14)8(20-5)4-2-11-10(16)12-9(4)15/h2,4-8,13-14,17-18H,1,3H2,(H,12,15,16)/t4?,5-,6?,7?,8+/m1/s1. The number of urea groups is 1. The van der Waals surface area contributed by atoms with Crippen LogP contribution in [0.2, 0.25) is 0 Å². The molecule has 21 heavy (non-hydrogen) atoms. The number of nitrogens with one attached hydrogen (secondary N) is 1. The number of carbonyl (C=O) groups is 2. The van der Waals surface area contributed by atoms with Crippen molar-refractivity contribution in [3.63, 3.8) is 0 Å². The highest BCUT2D eigenvalue weighted by Crippen LogP contribution is 2.37. The molecule has 5 atom stereocenters. The van der Waals surface area contributed by atoms with Crippen LogP contribution in [-0.4, -0.2) is 75.5 Å². The lowest BCUT2D eigenvalue weighted by Crippen LogP contribution is -2.48. The van der Waals surface area contributed by atoms with Crippen molar-refractivity contribution >= 4 is 32.0 Å². The number of aliphatic hydroxyl groups is 2. The molecule has 5 N–H and O–H groups in total. The Bertz CT molecular complexity index is 517. The van der Waals surface area contributed by atoms with E-state index in [0.717, 1.165) is 6.21 Å². The summed E-state index contributed by atoms with van der Waals surface area (Å²) in [6.45, 7) is -0.427. The molecule has 2 aliphatic heterocycles. The van der Waals surface area contributed by atoms with Crippen molar-refractivity contribution < 1.29 is 38.8 Å². The average Bonchev–Trinajstić information content (AvgIpc) is 2.64. The highest BCUT2D eigenvalue weighted by atomic mass is 31.2. The highest BCUT2D eigenvalue weighted by molar-refractivity contribution is 7.57. The molecular formula is C10H15N2O8P. The molecule has 0 aliphatic carbocycles. The normalized spacial score (nSPS) is 36.9. The first kappa shape index (κ1) is 16.2. The zero-order valence-electron chi connectivity index (χ0n) is 10.7. The molecule has 0 saturated carbocycles. The SMILES string of the molecule is C=P(O)(O)OC[C@H]1O[C@@H](C2C=NC(=O)NC2=O)C(O)C1O. The Balaban J connectivity index is 2.06. The third-order valence-corrected chi connectivity index (χ3v) is 3.65. The number of hydrogen-bond acceptors (Lipinski definition) is 8. The molecule has 0 spiro atoms. The van der Waals surface area contributed by atoms with Gasteiger partial charge in [0.1, 0.15) is 30.3 Å². The summed E-state index contributed by atoms with van der Waals surface area (Å²) in [5.41, 5.74) is 0. The molecule has 0 aromatic heterocycles. The van der Waals surface area contributed by atoms with Gasteiger partial charge in [0.25, 0.3) is 0 Å². The van der Waals surface area contributed by atoms with Crippen LogP contribution >= 0.6 is 7.57 Å². The highest BCUT2D eigenvalue weighted by Gasteiger charge is 2.49. The van der Waals surface area contributed by atoms with E-state index in [2.05, 4.69) is 15.8 Å². The second-order valence-electron chi connectivity index (χ2n) is 4.68. The average molecular weight is 322 g/mol. The van der Waals surface area contributed by atoms with Crippen molar-refractivity contribution in [3.8, 4) is 0 Å². The van der Waals surface area contributed by atoms with Crippen molar-refractivity contribution in [1.82, 2.24) is 5.32 Å². The van der Waals surface area contributed by atoms with Crippen molar-refractivity contribution in [2.45, 2.75) is 24.4 Å². The first-order valence-electron chi connectivity index (χ1n) is 5.93. The van der Waals surface area contributed by atoms with Crippen molar-refractivity contribution in [3.05, 3.63) is 0 Å². The third-order valence-electron chi connectivity index (χ3n) is 3.08. The van der Waals surface area contributed by atoms with Crippen LogP contribution in [0.1, 0.15) is 0 Å². The quantitative estimate of drug-likeness (QED) is 0.359. The van der Waals surface area contributed by atoms with E-state index in [1.165, 1.54) is 0 Å². The topological polar surface area (TPSA) is 158 Å². The number of carbonyl (C=O) groups excluding carboxylic acids is 2. The van der Waals surface area contributed by atoms with Crippen molar-refractivity contribution in [2.75, 3.05) is 6.61 Å². The van der Waals surface area contributed by atoms with Gasteiger partial charge in [-0.3, -0.25) is 10.1 Å². The van der Waals surface area contributed by atoms with E-state index in [1.807, 2.05) is 5.32 Å². The van der Waals surface area contributed by atoms with Crippen LogP contribution in [-0.2, 0) is 14.1 Å². The lowest BCUT2D eigenvalue weighted by Gasteiger charge is -2.23. The zero-order chi connectivity index (χ0) is 15.8. The molecule has 2 rings (SSSR count). The van der Waals surface area contributed by atoms with E-state index in [9.17, 15) is 19.8 Å². The Morgan fingerprint density at radius 3 is 2.62 bits per heavy atom. The summed E-state index contributed by atoms with van der Waals surface area (Å²) in [6.07, 6.45) is -1.04. The zero-order valence-corrected chi connectivity index (χ0v) is 11.6. The second kappa shape index (κ2) is 5.93. The number of imide groups is 1. The lowest BCUT2D eigenvalue weighted by molar-refractivity contribution is -0.127. The maximum absolute atomic E-state index is 11.7. The van der Waals surface area contributed by atoms with Crippen LogP contribution in [0.3, 0.4) is 0 Å². The van der Waals surface area contributed by atoms with Crippen molar-refractivity contribution in [2.24, 2.45) is 10.9 Å². The van der Waals surface area contributed by atoms with Gasteiger partial charge in [0.15, 0.2) is 0 Å². The summed E-state index contributed by atoms with van der Waals surface area (Å²) in [4.78, 5) is 44.0. The van der Waals surface area contributed by atoms with Gasteiger partial charge in [-0.2, -0.15) is 0 Å². The van der Waals surface area contributed by atoms with Crippen LogP contribution in [0, 0.1) is 5.92 Å². The fourth-order valence-electron chi connectivity index (χ4n) is 2.08. The van der Waals surface area contributed by atoms with Gasteiger partial charge in [-0.25, -0.2) is 9.79 Å². The van der Waals surface area contributed by atoms with E-state index in [4.69, 9.17) is 14.5 Å². The number of rotatable bonds is 4. The summed E-state index contributed by atoms with van der Waals surface area (Å²) in [5, 5.41) is 21.7. The van der Waals surface area contributed by atoms with Gasteiger partial charge in [0, 0.05) is 6.21 Å². The van der Waals surface area contributed by atoms with Crippen LogP contribution < -0.4 is 5.32 Å². The molecule has 0 radical (unpaired) electrons. The maximum atomic E-state index is 11.7. The van der Waals surface area contributed by atoms with Gasteiger partial charge in [0.2, 0.25) is 13.5 Å². The molecule has 0 bridgehead atoms. The summed E-state index contributed by atoms with van der Waals surface area (Å²) < 4.78 is 9.94. The molecule has 1 saturated heterocycles. The Morgan fingerprint density at radius 2 is 2.05 bits per heavy atom. The summed E-state index contributed by atoms with van der Waals surface area (Å²) in [5.74, 6) is -1.77. The number of hydrogen-bond donors (Lipinski definition) is 5. The van der Waals surface area contributed by atoms with Crippen LogP contribution in [0.25, 0.3) is 0 Å². The van der Waals surface area contributed by atoms with Crippen LogP contribution in [0.5, 0.6) is 0 Å². The third kappa shape index (κ3) is 3.74. The molecule has 2 aliphatic rings. The minimum absolute atomic E-state index is 0.427. The molecule has 118 valence electrons. The second-order valence-corrected chi connectivity index (χ2v) is 6.27. The Hall–Kier alpha value is -1.13. The predicted octanol–water partition coefficient (Wildman–Crippen LogP) is -2.39. The first-order valence-corrected chi connectivity index (χ1v) is 7.73. The lowest BCUT2D eigenvalue weighted by atomic mass is 9.95. The molecule has 3 unspecified atom stereocenters. The Labute approximate surface area is 119 Å². The smallest absolute Gasteiger partial charge is 0.347 e. The molecule has 1 fully saturated rings. The number of aliphatic hydroxyl groups excluding tert-OH is 2. The number of ether oxygens (including phenoxy) is 1. The number of aliphatic imine (C=N–C) groups is 1. The molecule has 10 nitrogen and oxygen atoms in total. The van der Waals surface area contributed by atoms with Gasteiger partial charge in [0.05, 0.1) is 6.61 Å². The minimum Gasteiger partial charge on any atom is -0.388 e. The van der Waals surface area contributed by atoms with Gasteiger partial charge < -0.3 is 29.3 Å². The van der Waals surface area contributed by atoms with E-state index in [1.54, 1.807) is 0 Å². The molecule has 3 amide bonds. The van der Waals surface area contributed by atoms with Gasteiger partial charge in [-0.1, -0.05) is 0 Å². The van der Waals surface area contributed by atoms with Gasteiger partial charge >= 0.3 is 6.03 Å². The van der Waals surface area contributed by atoms with E-state index in [-0.39, 0.29) is 0 Å². The van der Waals surface area contributed by atoms with Crippen LogP contribution in [0.4, 0.5) is 4.79 Å². The molecule has 0 aromatic carbocycles. The molecule has 0 aromatic rings. The monoisotopic (exact) mass is 322 g/mol. The Kier molecular flexibility index (Phi) is 4.59. The molecular weight excluding hydrogens is 307 g/mol. The number of amides is 3. The summed E-state index contributed by atoms with van der Waals surface area (Å²) >= 11 is 0. The largest absolute Gasteiger partial charge is 0.388 e. The van der Waals surface area contributed by atoms with Crippen molar-refractivity contribution in [1.29, 1.82) is 0 Å². The Morgan fingerprint density at radius 1 is 1.38 bits per heavy atom. The maximum Gasteiger partial charge on any atom is 0.347 e. The van der Waals surface area contributed by atoms with Crippen LogP contribution in [0.15, 0.2) is 4.99 Å².